The molecule has 3 rings (SSSR count). The van der Waals surface area contributed by atoms with E-state index in [2.05, 4.69) is 48.4 Å². The molecule has 3 nitrogen and oxygen atoms in total. The summed E-state index contributed by atoms with van der Waals surface area (Å²) in [5.74, 6) is 1.39. The van der Waals surface area contributed by atoms with Crippen molar-refractivity contribution in [3.05, 3.63) is 59.4 Å². The number of rotatable bonds is 6. The zero-order valence-electron chi connectivity index (χ0n) is 12.7. The van der Waals surface area contributed by atoms with Gasteiger partial charge in [0, 0.05) is 18.5 Å². The number of ether oxygens (including phenoxy) is 1. The zero-order chi connectivity index (χ0) is 14.7. The molecule has 1 heterocycles. The van der Waals surface area contributed by atoms with Gasteiger partial charge in [-0.25, -0.2) is 0 Å². The number of hydrogen-bond donors (Lipinski definition) is 1. The van der Waals surface area contributed by atoms with Crippen LogP contribution in [0, 0.1) is 0 Å². The minimum Gasteiger partial charge on any atom is -0.491 e. The monoisotopic (exact) mass is 282 g/mol. The third-order valence-electron chi connectivity index (χ3n) is 3.90. The number of fused-ring (bicyclic) bond motifs is 1. The molecule has 0 amide bonds. The average molecular weight is 282 g/mol. The van der Waals surface area contributed by atoms with Crippen molar-refractivity contribution in [2.24, 2.45) is 0 Å². The van der Waals surface area contributed by atoms with Gasteiger partial charge in [-0.3, -0.25) is 4.98 Å². The first-order chi connectivity index (χ1) is 10.2. The lowest BCUT2D eigenvalue weighted by molar-refractivity contribution is 0.274. The number of nitrogens with one attached hydrogen (secondary N) is 1. The van der Waals surface area contributed by atoms with Crippen molar-refractivity contribution in [1.82, 2.24) is 10.3 Å². The standard InChI is InChI=1S/C18H22N2O/c1-13(2)19-10-16-7-8-17(11-20-16)21-12-15-9-14-5-3-4-6-18(14)15/h3-8,11,13,15,19H,9-10,12H2,1-2H3. The fraction of sp³-hybridized carbons (Fsp3) is 0.389. The Hall–Kier alpha value is -1.87. The van der Waals surface area contributed by atoms with E-state index in [4.69, 9.17) is 4.74 Å². The van der Waals surface area contributed by atoms with Crippen molar-refractivity contribution >= 4 is 0 Å². The summed E-state index contributed by atoms with van der Waals surface area (Å²) >= 11 is 0. The quantitative estimate of drug-likeness (QED) is 0.882. The van der Waals surface area contributed by atoms with Crippen LogP contribution in [0.3, 0.4) is 0 Å². The largest absolute Gasteiger partial charge is 0.491 e. The molecule has 0 radical (unpaired) electrons. The van der Waals surface area contributed by atoms with Gasteiger partial charge < -0.3 is 10.1 Å². The van der Waals surface area contributed by atoms with E-state index in [9.17, 15) is 0 Å². The third kappa shape index (κ3) is 3.42. The zero-order valence-corrected chi connectivity index (χ0v) is 12.7. The van der Waals surface area contributed by atoms with E-state index in [0.29, 0.717) is 12.0 Å². The van der Waals surface area contributed by atoms with Crippen LogP contribution >= 0.6 is 0 Å². The highest BCUT2D eigenvalue weighted by molar-refractivity contribution is 5.40. The molecule has 0 spiro atoms. The van der Waals surface area contributed by atoms with E-state index in [1.54, 1.807) is 0 Å². The Balaban J connectivity index is 1.50. The van der Waals surface area contributed by atoms with Gasteiger partial charge in [-0.1, -0.05) is 38.1 Å². The first kappa shape index (κ1) is 14.1. The summed E-state index contributed by atoms with van der Waals surface area (Å²) in [6, 6.07) is 13.1. The smallest absolute Gasteiger partial charge is 0.137 e. The highest BCUT2D eigenvalue weighted by Crippen LogP contribution is 2.34. The lowest BCUT2D eigenvalue weighted by Gasteiger charge is -2.29. The number of benzene rings is 1. The Kier molecular flexibility index (Phi) is 4.20. The molecule has 1 aliphatic carbocycles. The van der Waals surface area contributed by atoms with E-state index in [1.807, 2.05) is 18.3 Å². The molecule has 0 fully saturated rings. The van der Waals surface area contributed by atoms with E-state index in [0.717, 1.165) is 31.0 Å². The highest BCUT2D eigenvalue weighted by Gasteiger charge is 2.25. The summed E-state index contributed by atoms with van der Waals surface area (Å²) in [6.07, 6.45) is 2.95. The van der Waals surface area contributed by atoms with Gasteiger partial charge in [0.2, 0.25) is 0 Å². The summed E-state index contributed by atoms with van der Waals surface area (Å²) in [5.41, 5.74) is 3.94. The molecule has 21 heavy (non-hydrogen) atoms. The number of pyridine rings is 1. The molecule has 0 saturated carbocycles. The van der Waals surface area contributed by atoms with Crippen LogP contribution in [0.15, 0.2) is 42.6 Å². The highest BCUT2D eigenvalue weighted by atomic mass is 16.5. The maximum absolute atomic E-state index is 5.86. The maximum atomic E-state index is 5.86. The van der Waals surface area contributed by atoms with Gasteiger partial charge >= 0.3 is 0 Å². The predicted molar refractivity (Wildman–Crippen MR) is 84.6 cm³/mol. The van der Waals surface area contributed by atoms with E-state index in [1.165, 1.54) is 11.1 Å². The van der Waals surface area contributed by atoms with Gasteiger partial charge in [-0.2, -0.15) is 0 Å². The molecule has 3 heteroatoms. The van der Waals surface area contributed by atoms with Gasteiger partial charge in [0.25, 0.3) is 0 Å². The fourth-order valence-electron chi connectivity index (χ4n) is 2.62. The lowest BCUT2D eigenvalue weighted by atomic mass is 9.78. The second-order valence-corrected chi connectivity index (χ2v) is 5.93. The summed E-state index contributed by atoms with van der Waals surface area (Å²) in [6.45, 7) is 5.80. The van der Waals surface area contributed by atoms with Crippen LogP contribution in [0.5, 0.6) is 5.75 Å². The van der Waals surface area contributed by atoms with Crippen LogP contribution in [0.1, 0.15) is 36.6 Å². The van der Waals surface area contributed by atoms with E-state index >= 15 is 0 Å². The van der Waals surface area contributed by atoms with E-state index in [-0.39, 0.29) is 0 Å². The first-order valence-electron chi connectivity index (χ1n) is 7.61. The van der Waals surface area contributed by atoms with Crippen LogP contribution in [0.25, 0.3) is 0 Å². The van der Waals surface area contributed by atoms with Crippen molar-refractivity contribution in [3.63, 3.8) is 0 Å². The lowest BCUT2D eigenvalue weighted by Crippen LogP contribution is -2.23. The molecule has 2 aromatic rings. The topological polar surface area (TPSA) is 34.1 Å². The third-order valence-corrected chi connectivity index (χ3v) is 3.90. The maximum Gasteiger partial charge on any atom is 0.137 e. The second-order valence-electron chi connectivity index (χ2n) is 5.93. The van der Waals surface area contributed by atoms with Gasteiger partial charge in [0.05, 0.1) is 18.5 Å². The van der Waals surface area contributed by atoms with Crippen molar-refractivity contribution in [2.45, 2.75) is 38.8 Å². The minimum absolute atomic E-state index is 0.474. The summed E-state index contributed by atoms with van der Waals surface area (Å²) in [5, 5.41) is 3.36. The number of nitrogens with zero attached hydrogens (tertiary/aromatic N) is 1. The molecule has 1 unspecified atom stereocenters. The normalized spacial score (nSPS) is 16.4. The van der Waals surface area contributed by atoms with Crippen LogP contribution in [-0.4, -0.2) is 17.6 Å². The average Bonchev–Trinajstić information content (AvgIpc) is 2.47. The van der Waals surface area contributed by atoms with E-state index < -0.39 is 0 Å². The molecular weight excluding hydrogens is 260 g/mol. The minimum atomic E-state index is 0.474. The van der Waals surface area contributed by atoms with Crippen LogP contribution in [-0.2, 0) is 13.0 Å². The summed E-state index contributed by atoms with van der Waals surface area (Å²) < 4.78 is 5.86. The van der Waals surface area contributed by atoms with Crippen LogP contribution in [0.4, 0.5) is 0 Å². The van der Waals surface area contributed by atoms with Gasteiger partial charge in [-0.05, 0) is 29.7 Å². The predicted octanol–water partition coefficient (Wildman–Crippen LogP) is 3.30. The number of hydrogen-bond acceptors (Lipinski definition) is 3. The molecule has 0 aliphatic heterocycles. The molecule has 1 N–H and O–H groups in total. The SMILES string of the molecule is CC(C)NCc1ccc(OCC2Cc3ccccc32)cn1. The summed E-state index contributed by atoms with van der Waals surface area (Å²) in [7, 11) is 0. The van der Waals surface area contributed by atoms with Gasteiger partial charge in [-0.15, -0.1) is 0 Å². The van der Waals surface area contributed by atoms with Crippen molar-refractivity contribution < 1.29 is 4.74 Å². The Morgan fingerprint density at radius 1 is 1.24 bits per heavy atom. The Labute approximate surface area is 126 Å². The van der Waals surface area contributed by atoms with Crippen molar-refractivity contribution in [3.8, 4) is 5.75 Å². The van der Waals surface area contributed by atoms with Crippen LogP contribution in [0.2, 0.25) is 0 Å². The van der Waals surface area contributed by atoms with Crippen LogP contribution < -0.4 is 10.1 Å². The van der Waals surface area contributed by atoms with Gasteiger partial charge in [0.1, 0.15) is 5.75 Å². The molecule has 0 bridgehead atoms. The Morgan fingerprint density at radius 3 is 2.81 bits per heavy atom. The molecule has 1 aromatic heterocycles. The summed E-state index contributed by atoms with van der Waals surface area (Å²) in [4.78, 5) is 4.43. The Morgan fingerprint density at radius 2 is 2.10 bits per heavy atom. The molecule has 110 valence electrons. The molecular formula is C18H22N2O. The van der Waals surface area contributed by atoms with Crippen molar-refractivity contribution in [2.75, 3.05) is 6.61 Å². The Bertz CT molecular complexity index is 592. The fourth-order valence-corrected chi connectivity index (χ4v) is 2.62. The molecule has 1 aliphatic rings. The number of aromatic nitrogens is 1. The first-order valence-corrected chi connectivity index (χ1v) is 7.61. The molecule has 0 saturated heterocycles. The molecule has 1 atom stereocenters. The molecule has 1 aromatic carbocycles. The second kappa shape index (κ2) is 6.27. The van der Waals surface area contributed by atoms with Gasteiger partial charge in [0.15, 0.2) is 0 Å². The van der Waals surface area contributed by atoms with Crippen molar-refractivity contribution in [1.29, 1.82) is 0 Å².